The summed E-state index contributed by atoms with van der Waals surface area (Å²) >= 11 is 0. The summed E-state index contributed by atoms with van der Waals surface area (Å²) in [6.07, 6.45) is 9.39. The average molecular weight is 277 g/mol. The second kappa shape index (κ2) is 7.21. The highest BCUT2D eigenvalue weighted by Gasteiger charge is 2.25. The fraction of sp³-hybridized carbons (Fsp3) is 0.667. The molecule has 0 aromatic heterocycles. The van der Waals surface area contributed by atoms with Gasteiger partial charge >= 0.3 is 0 Å². The third kappa shape index (κ3) is 3.60. The maximum absolute atomic E-state index is 13.5. The van der Waals surface area contributed by atoms with E-state index in [-0.39, 0.29) is 5.82 Å². The van der Waals surface area contributed by atoms with Crippen LogP contribution in [0.5, 0.6) is 0 Å². The van der Waals surface area contributed by atoms with Crippen molar-refractivity contribution in [3.05, 3.63) is 34.6 Å². The lowest BCUT2D eigenvalue weighted by Crippen LogP contribution is -2.27. The Bertz CT molecular complexity index is 410. The maximum Gasteiger partial charge on any atom is 0.123 e. The van der Waals surface area contributed by atoms with Crippen molar-refractivity contribution in [1.82, 2.24) is 5.32 Å². The second-order valence-electron chi connectivity index (χ2n) is 6.32. The van der Waals surface area contributed by atoms with Gasteiger partial charge in [-0.15, -0.1) is 0 Å². The van der Waals surface area contributed by atoms with Gasteiger partial charge in [-0.05, 0) is 68.5 Å². The summed E-state index contributed by atoms with van der Waals surface area (Å²) in [5.74, 6) is 0.569. The fourth-order valence-corrected chi connectivity index (χ4v) is 3.85. The number of halogens is 1. The molecule has 1 saturated carbocycles. The monoisotopic (exact) mass is 277 g/mol. The molecule has 1 unspecified atom stereocenters. The van der Waals surface area contributed by atoms with Crippen LogP contribution in [0.2, 0.25) is 0 Å². The van der Waals surface area contributed by atoms with E-state index < -0.39 is 0 Å². The van der Waals surface area contributed by atoms with E-state index in [0.29, 0.717) is 12.0 Å². The highest BCUT2D eigenvalue weighted by Crippen LogP contribution is 2.35. The van der Waals surface area contributed by atoms with Crippen LogP contribution in [0.4, 0.5) is 4.39 Å². The quantitative estimate of drug-likeness (QED) is 0.814. The molecule has 0 radical (unpaired) electrons. The van der Waals surface area contributed by atoms with Crippen molar-refractivity contribution in [2.45, 2.75) is 64.8 Å². The van der Waals surface area contributed by atoms with E-state index in [1.54, 1.807) is 12.1 Å². The summed E-state index contributed by atoms with van der Waals surface area (Å²) in [5, 5.41) is 3.51. The topological polar surface area (TPSA) is 12.0 Å². The lowest BCUT2D eigenvalue weighted by Gasteiger charge is -2.31. The van der Waals surface area contributed by atoms with E-state index in [2.05, 4.69) is 5.32 Å². The normalized spacial score (nSPS) is 19.4. The van der Waals surface area contributed by atoms with Gasteiger partial charge in [0.05, 0.1) is 0 Å². The highest BCUT2D eigenvalue weighted by molar-refractivity contribution is 5.37. The molecule has 0 heterocycles. The first-order chi connectivity index (χ1) is 9.63. The van der Waals surface area contributed by atoms with Crippen LogP contribution in [-0.4, -0.2) is 7.05 Å². The molecule has 0 bridgehead atoms. The van der Waals surface area contributed by atoms with Gasteiger partial charge in [0, 0.05) is 6.04 Å². The highest BCUT2D eigenvalue weighted by atomic mass is 19.1. The molecule has 2 heteroatoms. The molecule has 0 amide bonds. The first kappa shape index (κ1) is 15.5. The lowest BCUT2D eigenvalue weighted by molar-refractivity contribution is 0.298. The Labute approximate surface area is 123 Å². The number of aryl methyl sites for hydroxylation is 2. The molecule has 1 nitrogen and oxygen atoms in total. The third-order valence-electron chi connectivity index (χ3n) is 4.80. The number of nitrogens with one attached hydrogen (secondary N) is 1. The van der Waals surface area contributed by atoms with Crippen molar-refractivity contribution < 1.29 is 4.39 Å². The summed E-state index contributed by atoms with van der Waals surface area (Å²) < 4.78 is 13.5. The van der Waals surface area contributed by atoms with Crippen molar-refractivity contribution in [2.75, 3.05) is 7.05 Å². The third-order valence-corrected chi connectivity index (χ3v) is 4.80. The van der Waals surface area contributed by atoms with Crippen molar-refractivity contribution >= 4 is 0 Å². The van der Waals surface area contributed by atoms with Gasteiger partial charge < -0.3 is 5.32 Å². The zero-order chi connectivity index (χ0) is 14.5. The SMILES string of the molecule is CNC(c1c(C)cc(F)cc1C)C1CCCCCCC1. The van der Waals surface area contributed by atoms with Crippen LogP contribution in [0.3, 0.4) is 0 Å². The first-order valence-corrected chi connectivity index (χ1v) is 8.07. The molecule has 1 aliphatic rings. The second-order valence-corrected chi connectivity index (χ2v) is 6.32. The van der Waals surface area contributed by atoms with E-state index in [4.69, 9.17) is 0 Å². The minimum atomic E-state index is -0.115. The smallest absolute Gasteiger partial charge is 0.123 e. The molecule has 1 aromatic carbocycles. The molecule has 1 fully saturated rings. The van der Waals surface area contributed by atoms with Gasteiger partial charge in [-0.2, -0.15) is 0 Å². The van der Waals surface area contributed by atoms with Crippen LogP contribution in [0.25, 0.3) is 0 Å². The van der Waals surface area contributed by atoms with Crippen LogP contribution in [0, 0.1) is 25.6 Å². The van der Waals surface area contributed by atoms with Crippen LogP contribution < -0.4 is 5.32 Å². The van der Waals surface area contributed by atoms with Crippen molar-refractivity contribution in [3.63, 3.8) is 0 Å². The van der Waals surface area contributed by atoms with Gasteiger partial charge in [-0.1, -0.05) is 32.1 Å². The minimum absolute atomic E-state index is 0.115. The van der Waals surface area contributed by atoms with Gasteiger partial charge in [-0.3, -0.25) is 0 Å². The minimum Gasteiger partial charge on any atom is -0.313 e. The largest absolute Gasteiger partial charge is 0.313 e. The van der Waals surface area contributed by atoms with Crippen LogP contribution in [0.15, 0.2) is 12.1 Å². The van der Waals surface area contributed by atoms with Gasteiger partial charge in [0.1, 0.15) is 5.82 Å². The Hall–Kier alpha value is -0.890. The van der Waals surface area contributed by atoms with Crippen LogP contribution >= 0.6 is 0 Å². The molecule has 1 aliphatic carbocycles. The van der Waals surface area contributed by atoms with Gasteiger partial charge in [-0.25, -0.2) is 4.39 Å². The van der Waals surface area contributed by atoms with Crippen LogP contribution in [0.1, 0.15) is 67.7 Å². The molecule has 112 valence electrons. The summed E-state index contributed by atoms with van der Waals surface area (Å²) in [6.45, 7) is 4.08. The molecular formula is C18H28FN. The molecule has 1 atom stereocenters. The van der Waals surface area contributed by atoms with E-state index in [0.717, 1.165) is 11.1 Å². The molecule has 1 aromatic rings. The zero-order valence-electron chi connectivity index (χ0n) is 13.1. The van der Waals surface area contributed by atoms with Crippen molar-refractivity contribution in [1.29, 1.82) is 0 Å². The first-order valence-electron chi connectivity index (χ1n) is 8.07. The summed E-state index contributed by atoms with van der Waals surface area (Å²) in [4.78, 5) is 0. The van der Waals surface area contributed by atoms with Gasteiger partial charge in [0.2, 0.25) is 0 Å². The number of hydrogen-bond donors (Lipinski definition) is 1. The Morgan fingerprint density at radius 3 is 2.00 bits per heavy atom. The fourth-order valence-electron chi connectivity index (χ4n) is 3.85. The molecule has 1 N–H and O–H groups in total. The molecular weight excluding hydrogens is 249 g/mol. The van der Waals surface area contributed by atoms with Crippen LogP contribution in [-0.2, 0) is 0 Å². The zero-order valence-corrected chi connectivity index (χ0v) is 13.1. The number of hydrogen-bond acceptors (Lipinski definition) is 1. The molecule has 0 saturated heterocycles. The molecule has 0 aliphatic heterocycles. The average Bonchev–Trinajstić information content (AvgIpc) is 2.34. The number of benzene rings is 1. The predicted molar refractivity (Wildman–Crippen MR) is 83.5 cm³/mol. The van der Waals surface area contributed by atoms with E-state index in [1.165, 1.54) is 50.5 Å². The Kier molecular flexibility index (Phi) is 5.59. The lowest BCUT2D eigenvalue weighted by atomic mass is 9.80. The molecule has 2 rings (SSSR count). The van der Waals surface area contributed by atoms with Gasteiger partial charge in [0.15, 0.2) is 0 Å². The summed E-state index contributed by atoms with van der Waals surface area (Å²) in [5.41, 5.74) is 3.49. The van der Waals surface area contributed by atoms with Crippen molar-refractivity contribution in [3.8, 4) is 0 Å². The predicted octanol–water partition coefficient (Wildman–Crippen LogP) is 5.06. The Morgan fingerprint density at radius 1 is 1.00 bits per heavy atom. The van der Waals surface area contributed by atoms with E-state index in [1.807, 2.05) is 20.9 Å². The summed E-state index contributed by atoms with van der Waals surface area (Å²) in [7, 11) is 2.05. The van der Waals surface area contributed by atoms with E-state index >= 15 is 0 Å². The Morgan fingerprint density at radius 2 is 1.50 bits per heavy atom. The summed E-state index contributed by atoms with van der Waals surface area (Å²) in [6, 6.07) is 3.72. The van der Waals surface area contributed by atoms with Gasteiger partial charge in [0.25, 0.3) is 0 Å². The van der Waals surface area contributed by atoms with E-state index in [9.17, 15) is 4.39 Å². The number of rotatable bonds is 3. The molecule has 20 heavy (non-hydrogen) atoms. The standard InChI is InChI=1S/C18H28FN/c1-13-11-16(19)12-14(2)17(13)18(20-3)15-9-7-5-4-6-8-10-15/h11-12,15,18,20H,4-10H2,1-3H3. The van der Waals surface area contributed by atoms with Crippen molar-refractivity contribution in [2.24, 2.45) is 5.92 Å². The molecule has 0 spiro atoms. The maximum atomic E-state index is 13.5. The Balaban J connectivity index is 2.26.